The number of anilines is 4. The Labute approximate surface area is 210 Å². The van der Waals surface area contributed by atoms with Crippen molar-refractivity contribution in [3.8, 4) is 0 Å². The summed E-state index contributed by atoms with van der Waals surface area (Å²) in [5.74, 6) is 1.72. The molecular weight excluding hydrogens is 460 g/mol. The number of aromatic nitrogens is 2. The molecule has 6 rings (SSSR count). The lowest BCUT2D eigenvalue weighted by Gasteiger charge is -2.29. The summed E-state index contributed by atoms with van der Waals surface area (Å²) in [4.78, 5) is 11.4. The van der Waals surface area contributed by atoms with E-state index in [9.17, 15) is 5.11 Å². The summed E-state index contributed by atoms with van der Waals surface area (Å²) in [6.45, 7) is 2.88. The van der Waals surface area contributed by atoms with E-state index in [0.29, 0.717) is 29.3 Å². The molecule has 0 radical (unpaired) electrons. The van der Waals surface area contributed by atoms with Crippen LogP contribution >= 0.6 is 11.6 Å². The second-order valence-corrected chi connectivity index (χ2v) is 10.5. The van der Waals surface area contributed by atoms with Crippen LogP contribution in [0.4, 0.5) is 23.1 Å². The third kappa shape index (κ3) is 4.33. The molecule has 1 unspecified atom stereocenters. The summed E-state index contributed by atoms with van der Waals surface area (Å²) in [5, 5.41) is 20.9. The molecule has 182 valence electrons. The van der Waals surface area contributed by atoms with Crippen LogP contribution in [0.5, 0.6) is 0 Å². The van der Waals surface area contributed by atoms with E-state index in [2.05, 4.69) is 68.2 Å². The summed E-state index contributed by atoms with van der Waals surface area (Å²) in [5.41, 5.74) is 5.59. The lowest BCUT2D eigenvalue weighted by atomic mass is 9.89. The molecule has 3 aliphatic rings. The Hall–Kier alpha value is -2.87. The van der Waals surface area contributed by atoms with Gasteiger partial charge in [0.05, 0.1) is 6.20 Å². The van der Waals surface area contributed by atoms with E-state index in [4.69, 9.17) is 11.6 Å². The molecule has 4 N–H and O–H groups in total. The maximum atomic E-state index is 10.5. The van der Waals surface area contributed by atoms with Gasteiger partial charge in [-0.1, -0.05) is 35.9 Å². The molecular formula is C27H31ClN6O. The fourth-order valence-electron chi connectivity index (χ4n) is 5.58. The van der Waals surface area contributed by atoms with Crippen molar-refractivity contribution >= 4 is 34.7 Å². The topological polar surface area (TPSA) is 85.3 Å². The number of rotatable bonds is 6. The van der Waals surface area contributed by atoms with Gasteiger partial charge in [-0.25, -0.2) is 4.98 Å². The lowest BCUT2D eigenvalue weighted by molar-refractivity contribution is 0.169. The second kappa shape index (κ2) is 8.97. The van der Waals surface area contributed by atoms with E-state index in [1.165, 1.54) is 24.0 Å². The summed E-state index contributed by atoms with van der Waals surface area (Å²) >= 11 is 6.42. The highest BCUT2D eigenvalue weighted by atomic mass is 35.5. The van der Waals surface area contributed by atoms with E-state index in [0.717, 1.165) is 42.9 Å². The van der Waals surface area contributed by atoms with Gasteiger partial charge in [0.15, 0.2) is 5.82 Å². The Bertz CT molecular complexity index is 1220. The summed E-state index contributed by atoms with van der Waals surface area (Å²) < 4.78 is 0. The predicted octanol–water partition coefficient (Wildman–Crippen LogP) is 5.07. The quantitative estimate of drug-likeness (QED) is 0.384. The molecule has 0 bridgehead atoms. The molecule has 3 heterocycles. The van der Waals surface area contributed by atoms with Crippen molar-refractivity contribution in [3.63, 3.8) is 0 Å². The molecule has 35 heavy (non-hydrogen) atoms. The number of aliphatic hydroxyl groups is 1. The Morgan fingerprint density at radius 3 is 2.66 bits per heavy atom. The Morgan fingerprint density at radius 1 is 1.14 bits per heavy atom. The van der Waals surface area contributed by atoms with Gasteiger partial charge in [-0.05, 0) is 86.6 Å². The number of aliphatic hydroxyl groups excluding tert-OH is 1. The minimum Gasteiger partial charge on any atom is -0.373 e. The number of hydrogen-bond acceptors (Lipinski definition) is 7. The number of likely N-dealkylation sites (tertiary alicyclic amines) is 1. The first-order valence-electron chi connectivity index (χ1n) is 12.4. The van der Waals surface area contributed by atoms with Gasteiger partial charge >= 0.3 is 0 Å². The van der Waals surface area contributed by atoms with Crippen LogP contribution < -0.4 is 16.0 Å². The molecule has 1 aliphatic carbocycles. The van der Waals surface area contributed by atoms with Crippen molar-refractivity contribution < 1.29 is 5.11 Å². The number of nitrogens with zero attached hydrogens (tertiary/aromatic N) is 3. The number of fused-ring (bicyclic) bond motifs is 2. The first-order valence-corrected chi connectivity index (χ1v) is 12.8. The molecule has 8 heteroatoms. The molecule has 2 fully saturated rings. The number of piperidine rings is 1. The van der Waals surface area contributed by atoms with Crippen molar-refractivity contribution in [1.29, 1.82) is 0 Å². The maximum absolute atomic E-state index is 10.5. The van der Waals surface area contributed by atoms with Crippen LogP contribution in [-0.2, 0) is 12.0 Å². The average Bonchev–Trinajstić information content (AvgIpc) is 3.62. The molecule has 2 aliphatic heterocycles. The first-order chi connectivity index (χ1) is 17.0. The summed E-state index contributed by atoms with van der Waals surface area (Å²) in [7, 11) is 2.19. The fraction of sp³-hybridized carbons (Fsp3) is 0.407. The van der Waals surface area contributed by atoms with Crippen LogP contribution in [0.1, 0.15) is 48.3 Å². The normalized spacial score (nSPS) is 20.9. The predicted molar refractivity (Wildman–Crippen MR) is 141 cm³/mol. The van der Waals surface area contributed by atoms with Crippen LogP contribution in [0.3, 0.4) is 0 Å². The highest BCUT2D eigenvalue weighted by Crippen LogP contribution is 2.58. The molecule has 7 nitrogen and oxygen atoms in total. The Balaban J connectivity index is 1.14. The molecule has 1 saturated carbocycles. The SMILES string of the molecule is CN1CCC(c2ccc(Nc3ncc(Cl)c(NCc4cccc5c4C4(CC4)C(O)N5)n3)cc2)CC1. The molecule has 1 aromatic heterocycles. The zero-order chi connectivity index (χ0) is 24.0. The van der Waals surface area contributed by atoms with Crippen molar-refractivity contribution in [1.82, 2.24) is 14.9 Å². The van der Waals surface area contributed by atoms with Gasteiger partial charge in [0, 0.05) is 23.3 Å². The third-order valence-corrected chi connectivity index (χ3v) is 8.08. The first kappa shape index (κ1) is 22.6. The second-order valence-electron chi connectivity index (χ2n) is 10.1. The molecule has 3 aromatic rings. The maximum Gasteiger partial charge on any atom is 0.229 e. The largest absolute Gasteiger partial charge is 0.373 e. The van der Waals surface area contributed by atoms with Gasteiger partial charge in [-0.2, -0.15) is 4.98 Å². The van der Waals surface area contributed by atoms with Crippen LogP contribution in [0.2, 0.25) is 5.02 Å². The van der Waals surface area contributed by atoms with Gasteiger partial charge in [0.2, 0.25) is 5.95 Å². The molecule has 1 saturated heterocycles. The number of hydrogen-bond donors (Lipinski definition) is 4. The van der Waals surface area contributed by atoms with Crippen molar-refractivity contribution in [2.45, 2.75) is 49.8 Å². The minimum atomic E-state index is -0.511. The zero-order valence-electron chi connectivity index (χ0n) is 19.9. The van der Waals surface area contributed by atoms with Gasteiger partial charge in [-0.3, -0.25) is 0 Å². The highest BCUT2D eigenvalue weighted by molar-refractivity contribution is 6.32. The zero-order valence-corrected chi connectivity index (χ0v) is 20.6. The summed E-state index contributed by atoms with van der Waals surface area (Å²) in [6.07, 6.45) is 5.53. The van der Waals surface area contributed by atoms with Gasteiger partial charge in [0.1, 0.15) is 11.3 Å². The monoisotopic (exact) mass is 490 g/mol. The van der Waals surface area contributed by atoms with E-state index in [1.54, 1.807) is 6.20 Å². The summed E-state index contributed by atoms with van der Waals surface area (Å²) in [6, 6.07) is 14.8. The average molecular weight is 491 g/mol. The van der Waals surface area contributed by atoms with E-state index in [1.807, 2.05) is 12.1 Å². The third-order valence-electron chi connectivity index (χ3n) is 7.80. The fourth-order valence-corrected chi connectivity index (χ4v) is 5.73. The van der Waals surface area contributed by atoms with Gasteiger partial charge in [0.25, 0.3) is 0 Å². The highest BCUT2D eigenvalue weighted by Gasteiger charge is 2.56. The van der Waals surface area contributed by atoms with E-state index in [-0.39, 0.29) is 5.41 Å². The van der Waals surface area contributed by atoms with E-state index >= 15 is 0 Å². The van der Waals surface area contributed by atoms with Gasteiger partial charge < -0.3 is 26.0 Å². The Morgan fingerprint density at radius 2 is 1.91 bits per heavy atom. The molecule has 2 aromatic carbocycles. The van der Waals surface area contributed by atoms with Crippen molar-refractivity contribution in [2.75, 3.05) is 36.1 Å². The standard InChI is InChI=1S/C27H31ClN6O/c1-34-13-9-18(10-14-34)17-5-7-20(8-6-17)31-26-30-16-21(28)24(33-26)29-15-19-3-2-4-22-23(19)27(11-12-27)25(35)32-22/h2-8,16,18,25,32,35H,9-15H2,1H3,(H2,29,30,31,33). The number of nitrogens with one attached hydrogen (secondary N) is 3. The van der Waals surface area contributed by atoms with Crippen LogP contribution in [0, 0.1) is 0 Å². The van der Waals surface area contributed by atoms with Crippen molar-refractivity contribution in [3.05, 3.63) is 70.4 Å². The molecule has 1 spiro atoms. The minimum absolute atomic E-state index is 0.143. The Kier molecular flexibility index (Phi) is 5.79. The van der Waals surface area contributed by atoms with Crippen molar-refractivity contribution in [2.24, 2.45) is 0 Å². The van der Waals surface area contributed by atoms with Gasteiger partial charge in [-0.15, -0.1) is 0 Å². The smallest absolute Gasteiger partial charge is 0.229 e. The lowest BCUT2D eigenvalue weighted by Crippen LogP contribution is -2.29. The van der Waals surface area contributed by atoms with Crippen LogP contribution in [-0.4, -0.2) is 46.3 Å². The number of halogens is 1. The molecule has 1 atom stereocenters. The van der Waals surface area contributed by atoms with Crippen LogP contribution in [0.25, 0.3) is 0 Å². The number of benzene rings is 2. The van der Waals surface area contributed by atoms with E-state index < -0.39 is 6.23 Å². The molecule has 0 amide bonds. The van der Waals surface area contributed by atoms with Crippen LogP contribution in [0.15, 0.2) is 48.7 Å².